The van der Waals surface area contributed by atoms with E-state index in [0.29, 0.717) is 16.7 Å². The minimum Gasteiger partial charge on any atom is -0.462 e. The van der Waals surface area contributed by atoms with Crippen LogP contribution in [-0.2, 0) is 4.74 Å². The Kier molecular flexibility index (Phi) is 4.08. The third-order valence-electron chi connectivity index (χ3n) is 4.04. The summed E-state index contributed by atoms with van der Waals surface area (Å²) in [6.45, 7) is 2.01. The van der Waals surface area contributed by atoms with Crippen LogP contribution in [0.3, 0.4) is 0 Å². The van der Waals surface area contributed by atoms with E-state index in [-0.39, 0.29) is 18.0 Å². The molecule has 0 atom stereocenters. The second kappa shape index (κ2) is 6.42. The number of nitrogens with zero attached hydrogens (tertiary/aromatic N) is 3. The number of hydrogen-bond donors (Lipinski definition) is 1. The summed E-state index contributed by atoms with van der Waals surface area (Å²) in [7, 11) is 0. The van der Waals surface area contributed by atoms with Gasteiger partial charge in [-0.2, -0.15) is 0 Å². The van der Waals surface area contributed by atoms with Crippen molar-refractivity contribution in [1.29, 1.82) is 0 Å². The number of fused-ring (bicyclic) bond motifs is 2. The van der Waals surface area contributed by atoms with Gasteiger partial charge < -0.3 is 10.5 Å². The van der Waals surface area contributed by atoms with Gasteiger partial charge in [-0.1, -0.05) is 34.1 Å². The van der Waals surface area contributed by atoms with Gasteiger partial charge in [0.15, 0.2) is 5.65 Å². The molecule has 0 unspecified atom stereocenters. The van der Waals surface area contributed by atoms with Gasteiger partial charge in [-0.05, 0) is 37.3 Å². The Labute approximate surface area is 157 Å². The van der Waals surface area contributed by atoms with Crippen molar-refractivity contribution >= 4 is 49.9 Å². The van der Waals surface area contributed by atoms with Crippen molar-refractivity contribution in [1.82, 2.24) is 14.5 Å². The molecule has 0 spiro atoms. The van der Waals surface area contributed by atoms with Crippen LogP contribution in [0.25, 0.3) is 27.9 Å². The van der Waals surface area contributed by atoms with Gasteiger partial charge in [-0.25, -0.2) is 14.8 Å². The highest BCUT2D eigenvalue weighted by molar-refractivity contribution is 9.10. The zero-order valence-electron chi connectivity index (χ0n) is 13.9. The minimum atomic E-state index is -0.506. The second-order valence-corrected chi connectivity index (χ2v) is 6.60. The number of carbonyl (C=O) groups excluding carboxylic acids is 1. The van der Waals surface area contributed by atoms with Gasteiger partial charge in [0, 0.05) is 4.47 Å². The van der Waals surface area contributed by atoms with Gasteiger partial charge in [0.05, 0.1) is 23.3 Å². The zero-order valence-corrected chi connectivity index (χ0v) is 15.5. The van der Waals surface area contributed by atoms with Crippen molar-refractivity contribution in [3.8, 4) is 5.69 Å². The number of carbonyl (C=O) groups is 1. The minimum absolute atomic E-state index is 0.236. The zero-order chi connectivity index (χ0) is 18.3. The Balaban J connectivity index is 2.11. The van der Waals surface area contributed by atoms with Crippen molar-refractivity contribution in [2.75, 3.05) is 12.3 Å². The molecule has 0 aliphatic heterocycles. The van der Waals surface area contributed by atoms with E-state index in [9.17, 15) is 4.79 Å². The van der Waals surface area contributed by atoms with E-state index in [4.69, 9.17) is 15.5 Å². The molecule has 2 heterocycles. The lowest BCUT2D eigenvalue weighted by atomic mass is 10.2. The van der Waals surface area contributed by atoms with Crippen LogP contribution in [0.5, 0.6) is 0 Å². The maximum absolute atomic E-state index is 12.5. The van der Waals surface area contributed by atoms with E-state index in [1.807, 2.05) is 48.5 Å². The van der Waals surface area contributed by atoms with Crippen LogP contribution in [0.4, 0.5) is 5.82 Å². The van der Waals surface area contributed by atoms with Crippen LogP contribution >= 0.6 is 15.9 Å². The van der Waals surface area contributed by atoms with E-state index >= 15 is 0 Å². The lowest BCUT2D eigenvalue weighted by Gasteiger charge is -2.08. The Morgan fingerprint density at radius 1 is 1.15 bits per heavy atom. The number of anilines is 1. The topological polar surface area (TPSA) is 83.0 Å². The highest BCUT2D eigenvalue weighted by atomic mass is 79.9. The molecule has 0 aliphatic carbocycles. The molecular weight excluding hydrogens is 396 g/mol. The van der Waals surface area contributed by atoms with Crippen molar-refractivity contribution in [2.24, 2.45) is 0 Å². The predicted octanol–water partition coefficient (Wildman–Crippen LogP) is 4.10. The number of nitrogens with two attached hydrogens (primary N) is 1. The Morgan fingerprint density at radius 2 is 1.88 bits per heavy atom. The number of rotatable bonds is 3. The van der Waals surface area contributed by atoms with Gasteiger partial charge in [-0.3, -0.25) is 4.57 Å². The smallest absolute Gasteiger partial charge is 0.344 e. The first-order valence-electron chi connectivity index (χ1n) is 8.10. The molecule has 26 heavy (non-hydrogen) atoms. The van der Waals surface area contributed by atoms with Crippen molar-refractivity contribution < 1.29 is 9.53 Å². The molecule has 0 radical (unpaired) electrons. The molecule has 0 aliphatic rings. The van der Waals surface area contributed by atoms with Crippen LogP contribution in [0.1, 0.15) is 17.3 Å². The highest BCUT2D eigenvalue weighted by Crippen LogP contribution is 2.32. The van der Waals surface area contributed by atoms with E-state index in [1.54, 1.807) is 11.5 Å². The Morgan fingerprint density at radius 3 is 2.58 bits per heavy atom. The monoisotopic (exact) mass is 410 g/mol. The van der Waals surface area contributed by atoms with Crippen LogP contribution < -0.4 is 5.73 Å². The lowest BCUT2D eigenvalue weighted by Crippen LogP contribution is -2.09. The van der Waals surface area contributed by atoms with Crippen molar-refractivity contribution in [3.05, 3.63) is 58.6 Å². The number of aromatic nitrogens is 3. The molecule has 0 saturated heterocycles. The molecule has 0 fully saturated rings. The average Bonchev–Trinajstić information content (AvgIpc) is 2.90. The van der Waals surface area contributed by atoms with Gasteiger partial charge >= 0.3 is 5.97 Å². The third-order valence-corrected chi connectivity index (χ3v) is 4.54. The summed E-state index contributed by atoms with van der Waals surface area (Å²) < 4.78 is 7.81. The number of ether oxygens (including phenoxy) is 1. The van der Waals surface area contributed by atoms with Gasteiger partial charge in [-0.15, -0.1) is 0 Å². The molecule has 0 saturated carbocycles. The molecule has 4 aromatic rings. The molecule has 7 heteroatoms. The van der Waals surface area contributed by atoms with Crippen molar-refractivity contribution in [2.45, 2.75) is 6.92 Å². The maximum Gasteiger partial charge on any atom is 0.344 e. The summed E-state index contributed by atoms with van der Waals surface area (Å²) >= 11 is 3.47. The fourth-order valence-corrected chi connectivity index (χ4v) is 3.33. The maximum atomic E-state index is 12.5. The predicted molar refractivity (Wildman–Crippen MR) is 104 cm³/mol. The van der Waals surface area contributed by atoms with Gasteiger partial charge in [0.25, 0.3) is 0 Å². The summed E-state index contributed by atoms with van der Waals surface area (Å²) in [6.07, 6.45) is 0. The summed E-state index contributed by atoms with van der Waals surface area (Å²) in [5, 5.41) is 0. The number of benzene rings is 2. The third kappa shape index (κ3) is 2.61. The number of hydrogen-bond acceptors (Lipinski definition) is 5. The Hall–Kier alpha value is -2.93. The standard InChI is InChI=1S/C19H15BrN4O2/c1-2-26-19(25)15-16-18(23-14-9-4-3-8-13(14)22-16)24(17(15)21)12-7-5-6-11(20)10-12/h3-10H,2,21H2,1H3. The first-order chi connectivity index (χ1) is 12.6. The summed E-state index contributed by atoms with van der Waals surface area (Å²) in [5.74, 6) is -0.250. The lowest BCUT2D eigenvalue weighted by molar-refractivity contribution is 0.0529. The fourth-order valence-electron chi connectivity index (χ4n) is 2.94. The molecule has 0 amide bonds. The van der Waals surface area contributed by atoms with Crippen LogP contribution in [0.15, 0.2) is 53.0 Å². The van der Waals surface area contributed by atoms with Crippen molar-refractivity contribution in [3.63, 3.8) is 0 Å². The van der Waals surface area contributed by atoms with E-state index in [1.165, 1.54) is 0 Å². The first-order valence-corrected chi connectivity index (χ1v) is 8.89. The van der Waals surface area contributed by atoms with E-state index in [0.717, 1.165) is 15.7 Å². The van der Waals surface area contributed by atoms with Crippen LogP contribution in [0, 0.1) is 0 Å². The summed E-state index contributed by atoms with van der Waals surface area (Å²) in [5.41, 5.74) is 9.74. The number of nitrogen functional groups attached to an aromatic ring is 1. The second-order valence-electron chi connectivity index (χ2n) is 5.68. The molecule has 6 nitrogen and oxygen atoms in total. The molecule has 2 aromatic carbocycles. The Bertz CT molecular complexity index is 1150. The van der Waals surface area contributed by atoms with Crippen LogP contribution in [-0.4, -0.2) is 27.1 Å². The van der Waals surface area contributed by atoms with Gasteiger partial charge in [0.2, 0.25) is 0 Å². The largest absolute Gasteiger partial charge is 0.462 e. The molecule has 0 bridgehead atoms. The summed E-state index contributed by atoms with van der Waals surface area (Å²) in [4.78, 5) is 21.9. The van der Waals surface area contributed by atoms with E-state index < -0.39 is 5.97 Å². The van der Waals surface area contributed by atoms with Gasteiger partial charge in [0.1, 0.15) is 16.9 Å². The molecule has 130 valence electrons. The molecule has 2 aromatic heterocycles. The summed E-state index contributed by atoms with van der Waals surface area (Å²) in [6, 6.07) is 15.1. The number of para-hydroxylation sites is 2. The highest BCUT2D eigenvalue weighted by Gasteiger charge is 2.25. The quantitative estimate of drug-likeness (QED) is 0.514. The average molecular weight is 411 g/mol. The molecule has 4 rings (SSSR count). The normalized spacial score (nSPS) is 11.2. The SMILES string of the molecule is CCOC(=O)c1c(N)n(-c2cccc(Br)c2)c2nc3ccccc3nc12. The first kappa shape index (κ1) is 16.5. The fraction of sp³-hybridized carbons (Fsp3) is 0.105. The van der Waals surface area contributed by atoms with E-state index in [2.05, 4.69) is 20.9 Å². The number of halogens is 1. The molecular formula is C19H15BrN4O2. The van der Waals surface area contributed by atoms with Crippen LogP contribution in [0.2, 0.25) is 0 Å². The number of esters is 1. The molecule has 2 N–H and O–H groups in total.